The van der Waals surface area contributed by atoms with Crippen molar-refractivity contribution >= 4 is 29.5 Å². The van der Waals surface area contributed by atoms with E-state index >= 15 is 4.39 Å². The van der Waals surface area contributed by atoms with Crippen LogP contribution in [-0.2, 0) is 4.79 Å². The quantitative estimate of drug-likeness (QED) is 0.487. The van der Waals surface area contributed by atoms with Crippen LogP contribution in [0.15, 0.2) is 53.6 Å². The molecule has 0 saturated carbocycles. The molecule has 0 unspecified atom stereocenters. The number of halogens is 2. The Balaban J connectivity index is 1.69. The molecule has 31 heavy (non-hydrogen) atoms. The molecule has 0 radical (unpaired) electrons. The summed E-state index contributed by atoms with van der Waals surface area (Å²) in [7, 11) is 1.55. The van der Waals surface area contributed by atoms with Crippen molar-refractivity contribution < 1.29 is 13.9 Å². The van der Waals surface area contributed by atoms with Gasteiger partial charge in [-0.1, -0.05) is 35.9 Å². The maximum Gasteiger partial charge on any atom is 0.258 e. The van der Waals surface area contributed by atoms with Crippen LogP contribution >= 0.6 is 23.5 Å². The third-order valence-corrected chi connectivity index (χ3v) is 6.41. The van der Waals surface area contributed by atoms with Crippen molar-refractivity contribution in [3.8, 4) is 23.1 Å². The number of alkyl halides is 1. The molecule has 162 valence electrons. The number of ether oxygens (including phenoxy) is 1. The zero-order valence-corrected chi connectivity index (χ0v) is 18.5. The van der Waals surface area contributed by atoms with Crippen LogP contribution < -0.4 is 10.1 Å². The van der Waals surface area contributed by atoms with Gasteiger partial charge in [-0.3, -0.25) is 4.79 Å². The number of hydrogen-bond donors (Lipinski definition) is 1. The maximum atomic E-state index is 15.1. The molecular weight excluding hydrogens is 439 g/mol. The standard InChI is InChI=1S/C22H22ClFN4O2S/c1-30-20-14-17(16-6-2-3-7-18(16)23)19(15-27-20)31-28-12-8-22(24,9-13-28)21(29)26-11-5-4-10-25/h2-7,14-15H,8-9,11-13H2,1H3,(H,26,29)/b5-4-. The molecule has 1 amide bonds. The van der Waals surface area contributed by atoms with Crippen molar-refractivity contribution in [2.75, 3.05) is 26.7 Å². The summed E-state index contributed by atoms with van der Waals surface area (Å²) in [5.41, 5.74) is -0.183. The lowest BCUT2D eigenvalue weighted by Crippen LogP contribution is -2.49. The van der Waals surface area contributed by atoms with E-state index in [0.717, 1.165) is 16.0 Å². The highest BCUT2D eigenvalue weighted by atomic mass is 35.5. The average Bonchev–Trinajstić information content (AvgIpc) is 2.79. The number of carbonyl (C=O) groups is 1. The fourth-order valence-corrected chi connectivity index (χ4v) is 4.47. The number of benzene rings is 1. The van der Waals surface area contributed by atoms with Gasteiger partial charge in [0.1, 0.15) is 0 Å². The van der Waals surface area contributed by atoms with Crippen molar-refractivity contribution in [3.05, 3.63) is 53.7 Å². The normalized spacial score (nSPS) is 16.1. The molecule has 1 aliphatic rings. The highest BCUT2D eigenvalue weighted by molar-refractivity contribution is 7.97. The first-order valence-electron chi connectivity index (χ1n) is 9.70. The van der Waals surface area contributed by atoms with Gasteiger partial charge in [0.2, 0.25) is 5.88 Å². The number of allylic oxidation sites excluding steroid dienone is 1. The van der Waals surface area contributed by atoms with E-state index in [1.54, 1.807) is 13.3 Å². The second kappa shape index (κ2) is 10.6. The highest BCUT2D eigenvalue weighted by Crippen LogP contribution is 2.40. The molecule has 1 aliphatic heterocycles. The smallest absolute Gasteiger partial charge is 0.258 e. The number of pyridine rings is 1. The zero-order chi connectivity index (χ0) is 22.3. The topological polar surface area (TPSA) is 78.2 Å². The second-order valence-corrected chi connectivity index (χ2v) is 8.48. The predicted molar refractivity (Wildman–Crippen MR) is 120 cm³/mol. The van der Waals surface area contributed by atoms with Gasteiger partial charge in [-0.05, 0) is 18.0 Å². The molecule has 1 saturated heterocycles. The second-order valence-electron chi connectivity index (χ2n) is 6.93. The number of nitriles is 1. The number of hydrogen-bond acceptors (Lipinski definition) is 6. The highest BCUT2D eigenvalue weighted by Gasteiger charge is 2.41. The summed E-state index contributed by atoms with van der Waals surface area (Å²) < 4.78 is 22.4. The molecule has 1 N–H and O–H groups in total. The van der Waals surface area contributed by atoms with Gasteiger partial charge in [-0.15, -0.1) is 0 Å². The van der Waals surface area contributed by atoms with Crippen LogP contribution in [0.1, 0.15) is 12.8 Å². The Bertz CT molecular complexity index is 1000. The third kappa shape index (κ3) is 5.76. The predicted octanol–water partition coefficient (Wildman–Crippen LogP) is 4.42. The molecule has 0 bridgehead atoms. The van der Waals surface area contributed by atoms with E-state index in [9.17, 15) is 4.79 Å². The van der Waals surface area contributed by atoms with Crippen LogP contribution in [-0.4, -0.2) is 47.6 Å². The van der Waals surface area contributed by atoms with Gasteiger partial charge in [-0.25, -0.2) is 13.7 Å². The van der Waals surface area contributed by atoms with Crippen molar-refractivity contribution in [1.29, 1.82) is 5.26 Å². The van der Waals surface area contributed by atoms with Crippen molar-refractivity contribution in [2.45, 2.75) is 23.4 Å². The van der Waals surface area contributed by atoms with Gasteiger partial charge in [0, 0.05) is 71.9 Å². The van der Waals surface area contributed by atoms with Crippen LogP contribution in [0, 0.1) is 11.3 Å². The average molecular weight is 461 g/mol. The van der Waals surface area contributed by atoms with E-state index < -0.39 is 11.6 Å². The van der Waals surface area contributed by atoms with Crippen molar-refractivity contribution in [3.63, 3.8) is 0 Å². The summed E-state index contributed by atoms with van der Waals surface area (Å²) in [6.07, 6.45) is 4.62. The van der Waals surface area contributed by atoms with Crippen LogP contribution in [0.4, 0.5) is 4.39 Å². The first-order chi connectivity index (χ1) is 15.0. The van der Waals surface area contributed by atoms with Crippen molar-refractivity contribution in [1.82, 2.24) is 14.6 Å². The molecule has 6 nitrogen and oxygen atoms in total. The summed E-state index contributed by atoms with van der Waals surface area (Å²) in [4.78, 5) is 17.4. The van der Waals surface area contributed by atoms with E-state index in [0.29, 0.717) is 24.0 Å². The number of carbonyl (C=O) groups excluding carboxylic acids is 1. The van der Waals surface area contributed by atoms with Crippen LogP contribution in [0.5, 0.6) is 5.88 Å². The molecule has 2 aromatic rings. The van der Waals surface area contributed by atoms with Gasteiger partial charge >= 0.3 is 0 Å². The number of piperidine rings is 1. The number of nitrogens with one attached hydrogen (secondary N) is 1. The van der Waals surface area contributed by atoms with Gasteiger partial charge in [0.15, 0.2) is 5.67 Å². The fraction of sp³-hybridized carbons (Fsp3) is 0.318. The lowest BCUT2D eigenvalue weighted by molar-refractivity contribution is -0.135. The number of nitrogens with zero attached hydrogens (tertiary/aromatic N) is 3. The van der Waals surface area contributed by atoms with Gasteiger partial charge in [0.25, 0.3) is 5.91 Å². The Morgan fingerprint density at radius 2 is 2.16 bits per heavy atom. The number of aromatic nitrogens is 1. The first-order valence-corrected chi connectivity index (χ1v) is 10.9. The Kier molecular flexibility index (Phi) is 7.91. The van der Waals surface area contributed by atoms with Crippen LogP contribution in [0.25, 0.3) is 11.1 Å². The van der Waals surface area contributed by atoms with E-state index in [1.807, 2.05) is 40.7 Å². The Labute approximate surface area is 190 Å². The van der Waals surface area contributed by atoms with Crippen LogP contribution in [0.2, 0.25) is 5.02 Å². The van der Waals surface area contributed by atoms with E-state index in [1.165, 1.54) is 24.1 Å². The number of rotatable bonds is 7. The first kappa shape index (κ1) is 23.1. The van der Waals surface area contributed by atoms with E-state index in [4.69, 9.17) is 21.6 Å². The third-order valence-electron chi connectivity index (χ3n) is 4.94. The summed E-state index contributed by atoms with van der Waals surface area (Å²) in [6.45, 7) is 0.933. The van der Waals surface area contributed by atoms with Gasteiger partial charge in [-0.2, -0.15) is 5.26 Å². The molecule has 1 fully saturated rings. The number of methoxy groups -OCH3 is 1. The molecule has 3 rings (SSSR count). The minimum Gasteiger partial charge on any atom is -0.481 e. The number of amides is 1. The molecule has 9 heteroatoms. The summed E-state index contributed by atoms with van der Waals surface area (Å²) in [6, 6.07) is 11.2. The lowest BCUT2D eigenvalue weighted by atomic mass is 9.93. The Morgan fingerprint density at radius 3 is 2.84 bits per heavy atom. The molecule has 0 spiro atoms. The summed E-state index contributed by atoms with van der Waals surface area (Å²) in [5.74, 6) is -0.162. The Hall–Kier alpha value is -2.60. The molecule has 2 heterocycles. The maximum absolute atomic E-state index is 15.1. The molecule has 1 aromatic heterocycles. The Morgan fingerprint density at radius 1 is 1.42 bits per heavy atom. The summed E-state index contributed by atoms with van der Waals surface area (Å²) in [5, 5.41) is 11.6. The summed E-state index contributed by atoms with van der Waals surface area (Å²) >= 11 is 7.86. The molecule has 0 aliphatic carbocycles. The lowest BCUT2D eigenvalue weighted by Gasteiger charge is -2.34. The van der Waals surface area contributed by atoms with E-state index in [2.05, 4.69) is 10.3 Å². The fourth-order valence-electron chi connectivity index (χ4n) is 3.22. The van der Waals surface area contributed by atoms with Crippen LogP contribution in [0.3, 0.4) is 0 Å². The SMILES string of the molecule is COc1cc(-c2ccccc2Cl)c(SN2CCC(F)(C(=O)NC/C=C\C#N)CC2)cn1. The van der Waals surface area contributed by atoms with Gasteiger partial charge in [0.05, 0.1) is 13.2 Å². The molecule has 0 atom stereocenters. The largest absolute Gasteiger partial charge is 0.481 e. The minimum atomic E-state index is -1.92. The van der Waals surface area contributed by atoms with Gasteiger partial charge < -0.3 is 10.1 Å². The minimum absolute atomic E-state index is 0.0822. The molecular formula is C22H22ClFN4O2S. The monoisotopic (exact) mass is 460 g/mol. The van der Waals surface area contributed by atoms with Crippen molar-refractivity contribution in [2.24, 2.45) is 0 Å². The van der Waals surface area contributed by atoms with E-state index in [-0.39, 0.29) is 19.4 Å². The zero-order valence-electron chi connectivity index (χ0n) is 17.0. The molecule has 1 aromatic carbocycles.